The van der Waals surface area contributed by atoms with Gasteiger partial charge in [0.05, 0.1) is 0 Å². The van der Waals surface area contributed by atoms with E-state index < -0.39 is 0 Å². The van der Waals surface area contributed by atoms with Gasteiger partial charge in [-0.1, -0.05) is 23.7 Å². The van der Waals surface area contributed by atoms with Crippen LogP contribution >= 0.6 is 11.6 Å². The van der Waals surface area contributed by atoms with Crippen molar-refractivity contribution in [3.8, 4) is 0 Å². The van der Waals surface area contributed by atoms with E-state index >= 15 is 0 Å². The molecule has 2 nitrogen and oxygen atoms in total. The van der Waals surface area contributed by atoms with Gasteiger partial charge in [-0.2, -0.15) is 0 Å². The molecule has 0 N–H and O–H groups in total. The maximum Gasteiger partial charge on any atom is 0.303 e. The van der Waals surface area contributed by atoms with Crippen molar-refractivity contribution in [2.24, 2.45) is 0 Å². The van der Waals surface area contributed by atoms with E-state index in [1.807, 2.05) is 12.1 Å². The van der Waals surface area contributed by atoms with E-state index in [1.54, 1.807) is 12.1 Å². The molecule has 3 heteroatoms. The fraction of sp³-hybridized carbons (Fsp3) is 0.200. The first-order chi connectivity index (χ1) is 6.18. The number of rotatable bonds is 3. The quantitative estimate of drug-likeness (QED) is 0.697. The summed E-state index contributed by atoms with van der Waals surface area (Å²) in [6.45, 7) is 2.85. The van der Waals surface area contributed by atoms with Gasteiger partial charge in [-0.25, -0.2) is 0 Å². The van der Waals surface area contributed by atoms with Gasteiger partial charge in [-0.05, 0) is 17.7 Å². The van der Waals surface area contributed by atoms with Crippen molar-refractivity contribution in [3.05, 3.63) is 41.5 Å². The Hall–Kier alpha value is -1.02. The highest BCUT2D eigenvalue weighted by Crippen LogP contribution is 2.10. The first-order valence-electron chi connectivity index (χ1n) is 3.92. The summed E-state index contributed by atoms with van der Waals surface area (Å²) in [5, 5.41) is 0.705. The number of carbonyl (C=O) groups is 1. The minimum absolute atomic E-state index is 0.297. The summed E-state index contributed by atoms with van der Waals surface area (Å²) in [5.74, 6) is -0.297. The number of hydrogen-bond acceptors (Lipinski definition) is 2. The molecule has 1 radical (unpaired) electrons. The molecule has 1 rings (SSSR count). The number of carbonyl (C=O) groups excluding carboxylic acids is 1. The minimum atomic E-state index is -0.297. The lowest BCUT2D eigenvalue weighted by atomic mass is 10.2. The smallest absolute Gasteiger partial charge is 0.303 e. The van der Waals surface area contributed by atoms with E-state index in [-0.39, 0.29) is 5.97 Å². The zero-order valence-electron chi connectivity index (χ0n) is 7.29. The van der Waals surface area contributed by atoms with Crippen LogP contribution in [0.3, 0.4) is 0 Å². The molecule has 0 saturated heterocycles. The Morgan fingerprint density at radius 1 is 1.46 bits per heavy atom. The maximum absolute atomic E-state index is 10.4. The van der Waals surface area contributed by atoms with E-state index in [2.05, 4.69) is 4.74 Å². The average molecular weight is 198 g/mol. The summed E-state index contributed by atoms with van der Waals surface area (Å²) in [7, 11) is 0. The fourth-order valence-electron chi connectivity index (χ4n) is 0.876. The van der Waals surface area contributed by atoms with E-state index in [4.69, 9.17) is 11.6 Å². The summed E-state index contributed by atoms with van der Waals surface area (Å²) >= 11 is 5.70. The van der Waals surface area contributed by atoms with Gasteiger partial charge in [0.15, 0.2) is 0 Å². The molecular formula is C10H10ClO2. The summed E-state index contributed by atoms with van der Waals surface area (Å²) in [6, 6.07) is 7.39. The normalized spacial score (nSPS) is 9.69. The first kappa shape index (κ1) is 10.1. The van der Waals surface area contributed by atoms with Gasteiger partial charge < -0.3 is 4.74 Å². The van der Waals surface area contributed by atoms with Gasteiger partial charge in [0, 0.05) is 18.4 Å². The lowest BCUT2D eigenvalue weighted by Gasteiger charge is -2.00. The number of hydrogen-bond donors (Lipinski definition) is 0. The standard InChI is InChI=1S/C10H10ClO2/c1-8(12)13-7-6-9-2-4-10(11)5-3-9/h2-5,7H,6H2,1H3. The monoisotopic (exact) mass is 197 g/mol. The summed E-state index contributed by atoms with van der Waals surface area (Å²) in [4.78, 5) is 10.4. The van der Waals surface area contributed by atoms with Gasteiger partial charge in [0.2, 0.25) is 0 Å². The Balaban J connectivity index is 2.37. The zero-order chi connectivity index (χ0) is 9.68. The van der Waals surface area contributed by atoms with Crippen molar-refractivity contribution in [1.82, 2.24) is 0 Å². The topological polar surface area (TPSA) is 26.3 Å². The summed E-state index contributed by atoms with van der Waals surface area (Å²) in [5.41, 5.74) is 1.06. The minimum Gasteiger partial charge on any atom is -0.458 e. The molecule has 0 atom stereocenters. The summed E-state index contributed by atoms with van der Waals surface area (Å²) < 4.78 is 4.68. The third-order valence-electron chi connectivity index (χ3n) is 1.48. The van der Waals surface area contributed by atoms with E-state index in [1.165, 1.54) is 13.5 Å². The van der Waals surface area contributed by atoms with Gasteiger partial charge in [-0.3, -0.25) is 4.79 Å². The number of benzene rings is 1. The molecule has 0 bridgehead atoms. The zero-order valence-corrected chi connectivity index (χ0v) is 8.04. The third-order valence-corrected chi connectivity index (χ3v) is 1.73. The highest BCUT2D eigenvalue weighted by atomic mass is 35.5. The van der Waals surface area contributed by atoms with Gasteiger partial charge in [0.1, 0.15) is 6.61 Å². The van der Waals surface area contributed by atoms with Crippen LogP contribution in [0, 0.1) is 6.61 Å². The SMILES string of the molecule is CC(=O)O[CH]Cc1ccc(Cl)cc1. The second-order valence-corrected chi connectivity index (χ2v) is 3.04. The van der Waals surface area contributed by atoms with Gasteiger partial charge in [0.25, 0.3) is 0 Å². The molecular weight excluding hydrogens is 188 g/mol. The van der Waals surface area contributed by atoms with Crippen LogP contribution in [0.1, 0.15) is 12.5 Å². The highest BCUT2D eigenvalue weighted by molar-refractivity contribution is 6.30. The lowest BCUT2D eigenvalue weighted by Crippen LogP contribution is -1.97. The van der Waals surface area contributed by atoms with Crippen LogP contribution < -0.4 is 0 Å². The molecule has 1 aromatic carbocycles. The van der Waals surface area contributed by atoms with E-state index in [9.17, 15) is 4.79 Å². The first-order valence-corrected chi connectivity index (χ1v) is 4.29. The molecule has 0 aliphatic heterocycles. The predicted octanol–water partition coefficient (Wildman–Crippen LogP) is 2.61. The Kier molecular flexibility index (Phi) is 3.77. The van der Waals surface area contributed by atoms with Gasteiger partial charge in [-0.15, -0.1) is 0 Å². The molecule has 0 heterocycles. The predicted molar refractivity (Wildman–Crippen MR) is 51.2 cm³/mol. The van der Waals surface area contributed by atoms with Crippen LogP contribution in [-0.4, -0.2) is 5.97 Å². The Bertz CT molecular complexity index is 279. The maximum atomic E-state index is 10.4. The largest absolute Gasteiger partial charge is 0.458 e. The Morgan fingerprint density at radius 2 is 2.08 bits per heavy atom. The highest BCUT2D eigenvalue weighted by Gasteiger charge is 1.96. The molecule has 69 valence electrons. The molecule has 1 aromatic rings. The third kappa shape index (κ3) is 3.95. The van der Waals surface area contributed by atoms with E-state index in [0.717, 1.165) is 5.56 Å². The number of ether oxygens (including phenoxy) is 1. The second-order valence-electron chi connectivity index (χ2n) is 2.61. The van der Waals surface area contributed by atoms with Crippen LogP contribution in [0.4, 0.5) is 0 Å². The molecule has 0 spiro atoms. The summed E-state index contributed by atoms with van der Waals surface area (Å²) in [6.07, 6.45) is 0.608. The number of esters is 1. The van der Waals surface area contributed by atoms with Crippen LogP contribution in [0.5, 0.6) is 0 Å². The molecule has 0 saturated carbocycles. The molecule has 0 aliphatic rings. The van der Waals surface area contributed by atoms with Crippen molar-refractivity contribution in [3.63, 3.8) is 0 Å². The number of halogens is 1. The molecule has 0 aliphatic carbocycles. The van der Waals surface area contributed by atoms with Gasteiger partial charge >= 0.3 is 5.97 Å². The Morgan fingerprint density at radius 3 is 2.62 bits per heavy atom. The van der Waals surface area contributed by atoms with Crippen molar-refractivity contribution in [1.29, 1.82) is 0 Å². The van der Waals surface area contributed by atoms with Crippen molar-refractivity contribution < 1.29 is 9.53 Å². The second kappa shape index (κ2) is 4.87. The van der Waals surface area contributed by atoms with Crippen molar-refractivity contribution in [2.45, 2.75) is 13.3 Å². The molecule has 0 fully saturated rings. The van der Waals surface area contributed by atoms with Crippen LogP contribution in [-0.2, 0) is 16.0 Å². The molecule has 0 aromatic heterocycles. The van der Waals surface area contributed by atoms with Crippen molar-refractivity contribution >= 4 is 17.6 Å². The van der Waals surface area contributed by atoms with Crippen LogP contribution in [0.15, 0.2) is 24.3 Å². The average Bonchev–Trinajstić information content (AvgIpc) is 2.08. The molecule has 0 amide bonds. The molecule has 13 heavy (non-hydrogen) atoms. The van der Waals surface area contributed by atoms with Crippen LogP contribution in [0.2, 0.25) is 5.02 Å². The fourth-order valence-corrected chi connectivity index (χ4v) is 1.00. The van der Waals surface area contributed by atoms with E-state index in [0.29, 0.717) is 11.4 Å². The van der Waals surface area contributed by atoms with Crippen molar-refractivity contribution in [2.75, 3.05) is 0 Å². The van der Waals surface area contributed by atoms with Crippen LogP contribution in [0.25, 0.3) is 0 Å². The Labute approximate surface area is 82.5 Å². The lowest BCUT2D eigenvalue weighted by molar-refractivity contribution is -0.137. The molecule has 0 unspecified atom stereocenters.